The van der Waals surface area contributed by atoms with Gasteiger partial charge in [0.2, 0.25) is 0 Å². The van der Waals surface area contributed by atoms with Crippen LogP contribution in [0.15, 0.2) is 0 Å². The average Bonchev–Trinajstić information content (AvgIpc) is 1.38. The number of carbonyl (C=O) groups is 1. The molecule has 0 aliphatic heterocycles. The molecule has 0 heterocycles. The summed E-state index contributed by atoms with van der Waals surface area (Å²) >= 11 is 0. The van der Waals surface area contributed by atoms with Crippen molar-refractivity contribution in [3.63, 3.8) is 0 Å². The Morgan fingerprint density at radius 1 is 1.67 bits per heavy atom. The molecular weight excluding hydrogens is 100 g/mol. The molecule has 0 aliphatic carbocycles. The van der Waals surface area contributed by atoms with Crippen LogP contribution in [0.3, 0.4) is 0 Å². The molecule has 0 rings (SSSR count). The van der Waals surface area contributed by atoms with Gasteiger partial charge in [0.1, 0.15) is 6.61 Å². The predicted octanol–water partition coefficient (Wildman–Crippen LogP) is -2.39. The number of carboxylic acid groups (broad SMARTS) is 1. The zero-order valence-corrected chi connectivity index (χ0v) is 2.51. The molecule has 0 amide bonds. The first-order chi connectivity index (χ1) is 2.27. The minimum absolute atomic E-state index is 0. The van der Waals surface area contributed by atoms with Gasteiger partial charge in [0.25, 0.3) is 0 Å². The highest BCUT2D eigenvalue weighted by atomic mass is 28.1. The van der Waals surface area contributed by atoms with E-state index in [1.807, 2.05) is 0 Å². The number of hydrogen-bond donors (Lipinski definition) is 2. The lowest BCUT2D eigenvalue weighted by Crippen LogP contribution is -1.98. The Kier molecular flexibility index (Phi) is 7.10. The standard InChI is InChI=1S/C2H4O3.H4Si/c3-1-2(4)5;/h3H,1H2,(H,4,5);1H4. The van der Waals surface area contributed by atoms with E-state index in [0.717, 1.165) is 0 Å². The number of aliphatic carboxylic acids is 1. The Morgan fingerprint density at radius 3 is 1.83 bits per heavy atom. The fourth-order valence-corrected chi connectivity index (χ4v) is 0. The third-order valence-electron chi connectivity index (χ3n) is 0.135. The van der Waals surface area contributed by atoms with E-state index in [1.54, 1.807) is 0 Å². The molecule has 2 N–H and O–H groups in total. The molecule has 0 aromatic carbocycles. The molecule has 0 aromatic rings. The van der Waals surface area contributed by atoms with E-state index in [0.29, 0.717) is 0 Å². The van der Waals surface area contributed by atoms with Crippen LogP contribution in [0, 0.1) is 0 Å². The van der Waals surface area contributed by atoms with Crippen molar-refractivity contribution in [1.29, 1.82) is 0 Å². The van der Waals surface area contributed by atoms with Crippen LogP contribution in [0.5, 0.6) is 0 Å². The van der Waals surface area contributed by atoms with Gasteiger partial charge in [0, 0.05) is 0 Å². The summed E-state index contributed by atoms with van der Waals surface area (Å²) in [7, 11) is 0. The van der Waals surface area contributed by atoms with Crippen molar-refractivity contribution in [1.82, 2.24) is 0 Å². The van der Waals surface area contributed by atoms with Crippen LogP contribution >= 0.6 is 0 Å². The SMILES string of the molecule is O=C(O)CO.[SiH4]. The van der Waals surface area contributed by atoms with Crippen molar-refractivity contribution in [3.8, 4) is 0 Å². The van der Waals surface area contributed by atoms with Gasteiger partial charge in [-0.05, 0) is 11.0 Å². The molecule has 0 bridgehead atoms. The molecule has 0 aromatic heterocycles. The first-order valence-electron chi connectivity index (χ1n) is 1.10. The highest BCUT2D eigenvalue weighted by Crippen LogP contribution is 1.48. The van der Waals surface area contributed by atoms with Gasteiger partial charge >= 0.3 is 5.97 Å². The maximum atomic E-state index is 9.12. The van der Waals surface area contributed by atoms with E-state index in [-0.39, 0.29) is 11.0 Å². The molecule has 3 nitrogen and oxygen atoms in total. The van der Waals surface area contributed by atoms with E-state index >= 15 is 0 Å². The Morgan fingerprint density at radius 2 is 1.83 bits per heavy atom. The highest BCUT2D eigenvalue weighted by Gasteiger charge is 1.82. The molecule has 0 radical (unpaired) electrons. The molecule has 0 aliphatic rings. The minimum atomic E-state index is -1.19. The molecule has 0 unspecified atom stereocenters. The van der Waals surface area contributed by atoms with Gasteiger partial charge in [-0.25, -0.2) is 4.79 Å². The van der Waals surface area contributed by atoms with Crippen molar-refractivity contribution in [2.75, 3.05) is 6.61 Å². The summed E-state index contributed by atoms with van der Waals surface area (Å²) in [5.74, 6) is -1.19. The van der Waals surface area contributed by atoms with Gasteiger partial charge in [0.05, 0.1) is 0 Å². The monoisotopic (exact) mass is 108 g/mol. The number of rotatable bonds is 1. The zero-order valence-electron chi connectivity index (χ0n) is 2.51. The van der Waals surface area contributed by atoms with Gasteiger partial charge in [-0.1, -0.05) is 0 Å². The normalized spacial score (nSPS) is 6.17. The summed E-state index contributed by atoms with van der Waals surface area (Å²) in [5.41, 5.74) is 0. The maximum Gasteiger partial charge on any atom is 0.329 e. The van der Waals surface area contributed by atoms with Crippen molar-refractivity contribution in [2.24, 2.45) is 0 Å². The Labute approximate surface area is 39.6 Å². The van der Waals surface area contributed by atoms with Crippen LogP contribution in [-0.4, -0.2) is 33.8 Å². The summed E-state index contributed by atoms with van der Waals surface area (Å²) < 4.78 is 0. The van der Waals surface area contributed by atoms with Crippen LogP contribution in [-0.2, 0) is 4.79 Å². The van der Waals surface area contributed by atoms with Crippen LogP contribution in [0.25, 0.3) is 0 Å². The van der Waals surface area contributed by atoms with Gasteiger partial charge in [-0.3, -0.25) is 0 Å². The summed E-state index contributed by atoms with van der Waals surface area (Å²) in [6.45, 7) is -0.778. The van der Waals surface area contributed by atoms with Gasteiger partial charge in [-0.15, -0.1) is 0 Å². The molecule has 0 fully saturated rings. The molecule has 6 heavy (non-hydrogen) atoms. The second kappa shape index (κ2) is 4.65. The summed E-state index contributed by atoms with van der Waals surface area (Å²) in [6, 6.07) is 0. The highest BCUT2D eigenvalue weighted by molar-refractivity contribution is 5.75. The third-order valence-corrected chi connectivity index (χ3v) is 0.135. The summed E-state index contributed by atoms with van der Waals surface area (Å²) in [5, 5.41) is 15.0. The second-order valence-corrected chi connectivity index (χ2v) is 0.552. The molecule has 38 valence electrons. The molecule has 0 atom stereocenters. The summed E-state index contributed by atoms with van der Waals surface area (Å²) in [4.78, 5) is 9.12. The fourth-order valence-electron chi connectivity index (χ4n) is 0. The van der Waals surface area contributed by atoms with Crippen LogP contribution in [0.2, 0.25) is 0 Å². The van der Waals surface area contributed by atoms with Gasteiger partial charge in [0.15, 0.2) is 0 Å². The molecule has 0 saturated carbocycles. The first-order valence-corrected chi connectivity index (χ1v) is 1.10. The van der Waals surface area contributed by atoms with Crippen molar-refractivity contribution < 1.29 is 15.0 Å². The topological polar surface area (TPSA) is 57.5 Å². The van der Waals surface area contributed by atoms with Crippen molar-refractivity contribution in [2.45, 2.75) is 0 Å². The first kappa shape index (κ1) is 9.17. The summed E-state index contributed by atoms with van der Waals surface area (Å²) in [6.07, 6.45) is 0. The average molecular weight is 108 g/mol. The molecule has 0 spiro atoms. The van der Waals surface area contributed by atoms with E-state index in [2.05, 4.69) is 0 Å². The number of hydrogen-bond acceptors (Lipinski definition) is 2. The van der Waals surface area contributed by atoms with E-state index < -0.39 is 12.6 Å². The van der Waals surface area contributed by atoms with E-state index in [9.17, 15) is 0 Å². The van der Waals surface area contributed by atoms with Crippen molar-refractivity contribution >= 4 is 16.9 Å². The van der Waals surface area contributed by atoms with E-state index in [1.165, 1.54) is 0 Å². The Hall–Kier alpha value is -0.353. The number of carboxylic acids is 1. The lowest BCUT2D eigenvalue weighted by Gasteiger charge is -1.72. The Balaban J connectivity index is 0. The molecule has 0 saturated heterocycles. The van der Waals surface area contributed by atoms with Crippen LogP contribution < -0.4 is 0 Å². The second-order valence-electron chi connectivity index (χ2n) is 0.552. The quantitative estimate of drug-likeness (QED) is 0.368. The maximum absolute atomic E-state index is 9.12. The minimum Gasteiger partial charge on any atom is -0.480 e. The van der Waals surface area contributed by atoms with Gasteiger partial charge in [-0.2, -0.15) is 0 Å². The van der Waals surface area contributed by atoms with Crippen LogP contribution in [0.4, 0.5) is 0 Å². The lowest BCUT2D eigenvalue weighted by molar-refractivity contribution is -0.140. The van der Waals surface area contributed by atoms with Gasteiger partial charge < -0.3 is 10.2 Å². The van der Waals surface area contributed by atoms with E-state index in [4.69, 9.17) is 15.0 Å². The third kappa shape index (κ3) is 9.42. The number of aliphatic hydroxyl groups excluding tert-OH is 1. The smallest absolute Gasteiger partial charge is 0.329 e. The zero-order chi connectivity index (χ0) is 4.28. The fraction of sp³-hybridized carbons (Fsp3) is 0.500. The van der Waals surface area contributed by atoms with Crippen LogP contribution in [0.1, 0.15) is 0 Å². The largest absolute Gasteiger partial charge is 0.480 e. The molecule has 4 heteroatoms. The number of aliphatic hydroxyl groups is 1. The molecular formula is C2H8O3Si. The lowest BCUT2D eigenvalue weighted by atomic mass is 10.8. The predicted molar refractivity (Wildman–Crippen MR) is 26.1 cm³/mol. The van der Waals surface area contributed by atoms with Crippen molar-refractivity contribution in [3.05, 3.63) is 0 Å². The Bertz CT molecular complexity index is 44.1.